The number of hydrogen-bond donors (Lipinski definition) is 2. The molecule has 1 amide bonds. The van der Waals surface area contributed by atoms with Crippen LogP contribution in [0.1, 0.15) is 32.4 Å². The van der Waals surface area contributed by atoms with E-state index in [0.717, 1.165) is 18.5 Å². The zero-order chi connectivity index (χ0) is 14.5. The molecule has 106 valence electrons. The number of benzene rings is 1. The van der Waals surface area contributed by atoms with Crippen molar-refractivity contribution in [2.45, 2.75) is 33.1 Å². The van der Waals surface area contributed by atoms with Crippen molar-refractivity contribution in [3.8, 4) is 11.3 Å². The number of carbonyl (C=O) groups is 1. The molecule has 2 rings (SSSR count). The van der Waals surface area contributed by atoms with Crippen molar-refractivity contribution in [2.75, 3.05) is 5.32 Å². The normalized spacial score (nSPS) is 10.6. The van der Waals surface area contributed by atoms with Gasteiger partial charge in [0.2, 0.25) is 5.91 Å². The van der Waals surface area contributed by atoms with Crippen LogP contribution in [0.15, 0.2) is 24.3 Å². The average Bonchev–Trinajstić information content (AvgIpc) is 2.82. The number of anilines is 1. The summed E-state index contributed by atoms with van der Waals surface area (Å²) in [6.07, 6.45) is 2.10. The third kappa shape index (κ3) is 3.04. The predicted octanol–water partition coefficient (Wildman–Crippen LogP) is 3.52. The van der Waals surface area contributed by atoms with Crippen molar-refractivity contribution < 1.29 is 9.18 Å². The van der Waals surface area contributed by atoms with Crippen molar-refractivity contribution in [3.05, 3.63) is 35.8 Å². The summed E-state index contributed by atoms with van der Waals surface area (Å²) in [5, 5.41) is 10.0. The molecule has 0 saturated carbocycles. The van der Waals surface area contributed by atoms with Crippen LogP contribution in [0, 0.1) is 5.82 Å². The SMILES string of the molecule is CCCc1[nH]nc(-c2cccc(F)c2)c1NC(=O)CC. The van der Waals surface area contributed by atoms with E-state index in [1.54, 1.807) is 19.1 Å². The Morgan fingerprint density at radius 3 is 2.85 bits per heavy atom. The molecule has 0 aliphatic rings. The van der Waals surface area contributed by atoms with Gasteiger partial charge < -0.3 is 5.32 Å². The van der Waals surface area contributed by atoms with Gasteiger partial charge in [-0.05, 0) is 18.6 Å². The van der Waals surface area contributed by atoms with E-state index >= 15 is 0 Å². The minimum atomic E-state index is -0.324. The van der Waals surface area contributed by atoms with Gasteiger partial charge in [-0.1, -0.05) is 32.4 Å². The molecule has 4 nitrogen and oxygen atoms in total. The van der Waals surface area contributed by atoms with E-state index in [2.05, 4.69) is 15.5 Å². The first kappa shape index (κ1) is 14.2. The molecule has 20 heavy (non-hydrogen) atoms. The Kier molecular flexibility index (Phi) is 4.50. The molecule has 0 aliphatic heterocycles. The molecule has 0 radical (unpaired) electrons. The Morgan fingerprint density at radius 2 is 2.20 bits per heavy atom. The molecule has 1 heterocycles. The number of aromatic amines is 1. The summed E-state index contributed by atoms with van der Waals surface area (Å²) in [6.45, 7) is 3.84. The lowest BCUT2D eigenvalue weighted by atomic mass is 10.1. The Morgan fingerprint density at radius 1 is 1.40 bits per heavy atom. The number of amides is 1. The number of halogens is 1. The number of H-pyrrole nitrogens is 1. The largest absolute Gasteiger partial charge is 0.323 e. The van der Waals surface area contributed by atoms with Crippen LogP contribution < -0.4 is 5.32 Å². The van der Waals surface area contributed by atoms with Crippen molar-refractivity contribution in [1.82, 2.24) is 10.2 Å². The zero-order valence-corrected chi connectivity index (χ0v) is 11.7. The molecular weight excluding hydrogens is 257 g/mol. The van der Waals surface area contributed by atoms with Crippen LogP contribution in [0.25, 0.3) is 11.3 Å². The molecule has 0 unspecified atom stereocenters. The highest BCUT2D eigenvalue weighted by Crippen LogP contribution is 2.30. The second-order valence-electron chi connectivity index (χ2n) is 4.59. The van der Waals surface area contributed by atoms with Gasteiger partial charge in [-0.15, -0.1) is 0 Å². The molecule has 2 aromatic rings. The number of nitrogens with zero attached hydrogens (tertiary/aromatic N) is 1. The van der Waals surface area contributed by atoms with E-state index in [4.69, 9.17) is 0 Å². The fourth-order valence-electron chi connectivity index (χ4n) is 2.02. The van der Waals surface area contributed by atoms with E-state index < -0.39 is 0 Å². The van der Waals surface area contributed by atoms with Crippen LogP contribution >= 0.6 is 0 Å². The minimum Gasteiger partial charge on any atom is -0.323 e. The molecule has 1 aromatic heterocycles. The fraction of sp³-hybridized carbons (Fsp3) is 0.333. The standard InChI is InChI=1S/C15H18FN3O/c1-3-6-12-15(17-13(20)4-2)14(19-18-12)10-7-5-8-11(16)9-10/h5,7-9H,3-4,6H2,1-2H3,(H,17,20)(H,18,19). The van der Waals surface area contributed by atoms with Gasteiger partial charge >= 0.3 is 0 Å². The molecule has 0 fully saturated rings. The molecule has 5 heteroatoms. The van der Waals surface area contributed by atoms with Crippen molar-refractivity contribution in [1.29, 1.82) is 0 Å². The number of aryl methyl sites for hydroxylation is 1. The van der Waals surface area contributed by atoms with Gasteiger partial charge in [-0.2, -0.15) is 5.10 Å². The van der Waals surface area contributed by atoms with E-state index in [9.17, 15) is 9.18 Å². The van der Waals surface area contributed by atoms with Crippen LogP contribution in [-0.2, 0) is 11.2 Å². The van der Waals surface area contributed by atoms with Gasteiger partial charge in [-0.25, -0.2) is 4.39 Å². The van der Waals surface area contributed by atoms with Gasteiger partial charge in [0.1, 0.15) is 11.5 Å². The lowest BCUT2D eigenvalue weighted by Gasteiger charge is -2.07. The molecule has 0 spiro atoms. The zero-order valence-electron chi connectivity index (χ0n) is 11.7. The first-order valence-electron chi connectivity index (χ1n) is 6.78. The predicted molar refractivity (Wildman–Crippen MR) is 76.9 cm³/mol. The highest BCUT2D eigenvalue weighted by Gasteiger charge is 2.16. The number of aromatic nitrogens is 2. The Labute approximate surface area is 117 Å². The summed E-state index contributed by atoms with van der Waals surface area (Å²) in [6, 6.07) is 6.20. The van der Waals surface area contributed by atoms with E-state index in [1.807, 2.05) is 6.92 Å². The maximum atomic E-state index is 13.3. The van der Waals surface area contributed by atoms with Crippen LogP contribution in [0.5, 0.6) is 0 Å². The summed E-state index contributed by atoms with van der Waals surface area (Å²) in [7, 11) is 0. The van der Waals surface area contributed by atoms with Crippen LogP contribution in [0.3, 0.4) is 0 Å². The average molecular weight is 275 g/mol. The van der Waals surface area contributed by atoms with Gasteiger partial charge in [0, 0.05) is 12.0 Å². The maximum absolute atomic E-state index is 13.3. The first-order valence-corrected chi connectivity index (χ1v) is 6.78. The monoisotopic (exact) mass is 275 g/mol. The summed E-state index contributed by atoms with van der Waals surface area (Å²) in [5.41, 5.74) is 2.75. The Hall–Kier alpha value is -2.17. The second kappa shape index (κ2) is 6.32. The lowest BCUT2D eigenvalue weighted by molar-refractivity contribution is -0.115. The summed E-state index contributed by atoms with van der Waals surface area (Å²) < 4.78 is 13.3. The van der Waals surface area contributed by atoms with Gasteiger partial charge in [-0.3, -0.25) is 9.89 Å². The molecule has 2 N–H and O–H groups in total. The number of carbonyl (C=O) groups excluding carboxylic acids is 1. The van der Waals surface area contributed by atoms with Gasteiger partial charge in [0.15, 0.2) is 0 Å². The van der Waals surface area contributed by atoms with Crippen molar-refractivity contribution in [2.24, 2.45) is 0 Å². The Bertz CT molecular complexity index is 607. The van der Waals surface area contributed by atoms with E-state index in [0.29, 0.717) is 23.4 Å². The van der Waals surface area contributed by atoms with E-state index in [-0.39, 0.29) is 11.7 Å². The minimum absolute atomic E-state index is 0.0820. The second-order valence-corrected chi connectivity index (χ2v) is 4.59. The smallest absolute Gasteiger partial charge is 0.224 e. The number of nitrogens with one attached hydrogen (secondary N) is 2. The van der Waals surface area contributed by atoms with Crippen molar-refractivity contribution >= 4 is 11.6 Å². The molecule has 1 aromatic carbocycles. The molecule has 0 atom stereocenters. The molecular formula is C15H18FN3O. The number of hydrogen-bond acceptors (Lipinski definition) is 2. The summed E-state index contributed by atoms with van der Waals surface area (Å²) >= 11 is 0. The van der Waals surface area contributed by atoms with Crippen LogP contribution in [0.2, 0.25) is 0 Å². The quantitative estimate of drug-likeness (QED) is 0.877. The van der Waals surface area contributed by atoms with E-state index in [1.165, 1.54) is 12.1 Å². The Balaban J connectivity index is 2.44. The third-order valence-corrected chi connectivity index (χ3v) is 3.02. The highest BCUT2D eigenvalue weighted by molar-refractivity contribution is 5.95. The van der Waals surface area contributed by atoms with Crippen molar-refractivity contribution in [3.63, 3.8) is 0 Å². The fourth-order valence-corrected chi connectivity index (χ4v) is 2.02. The number of rotatable bonds is 5. The summed E-state index contributed by atoms with van der Waals surface area (Å²) in [5.74, 6) is -0.406. The lowest BCUT2D eigenvalue weighted by Crippen LogP contribution is -2.11. The summed E-state index contributed by atoms with van der Waals surface area (Å²) in [4.78, 5) is 11.7. The maximum Gasteiger partial charge on any atom is 0.224 e. The topological polar surface area (TPSA) is 57.8 Å². The molecule has 0 bridgehead atoms. The third-order valence-electron chi connectivity index (χ3n) is 3.02. The van der Waals surface area contributed by atoms with Gasteiger partial charge in [0.05, 0.1) is 11.4 Å². The van der Waals surface area contributed by atoms with Crippen LogP contribution in [-0.4, -0.2) is 16.1 Å². The van der Waals surface area contributed by atoms with Gasteiger partial charge in [0.25, 0.3) is 0 Å². The molecule has 0 aliphatic carbocycles. The van der Waals surface area contributed by atoms with Crippen LogP contribution in [0.4, 0.5) is 10.1 Å². The first-order chi connectivity index (χ1) is 9.65. The highest BCUT2D eigenvalue weighted by atomic mass is 19.1. The molecule has 0 saturated heterocycles.